The first-order chi connectivity index (χ1) is 13.2. The highest BCUT2D eigenvalue weighted by Crippen LogP contribution is 2.41. The number of carbonyl (C=O) groups excluding carboxylic acids is 2. The second-order valence-corrected chi connectivity index (χ2v) is 7.10. The normalized spacial score (nSPS) is 24.6. The van der Waals surface area contributed by atoms with Gasteiger partial charge in [0.15, 0.2) is 6.10 Å². The Bertz CT molecular complexity index is 834. The van der Waals surface area contributed by atoms with E-state index in [1.54, 1.807) is 5.06 Å². The fourth-order valence-electron chi connectivity index (χ4n) is 4.05. The predicted octanol–water partition coefficient (Wildman–Crippen LogP) is 3.73. The van der Waals surface area contributed by atoms with E-state index in [1.165, 1.54) is 10.5 Å². The number of aryl methyl sites for hydroxylation is 1. The van der Waals surface area contributed by atoms with E-state index in [2.05, 4.69) is 13.8 Å². The zero-order valence-corrected chi connectivity index (χ0v) is 15.7. The van der Waals surface area contributed by atoms with Crippen molar-refractivity contribution in [2.75, 3.05) is 9.96 Å². The molecule has 2 heterocycles. The number of carbonyl (C=O) groups is 2. The van der Waals surface area contributed by atoms with Crippen LogP contribution in [0.25, 0.3) is 0 Å². The lowest BCUT2D eigenvalue weighted by atomic mass is 9.93. The minimum Gasteiger partial charge on any atom is -0.273 e. The van der Waals surface area contributed by atoms with Gasteiger partial charge in [0.2, 0.25) is 5.91 Å². The molecule has 5 heteroatoms. The van der Waals surface area contributed by atoms with Crippen molar-refractivity contribution in [3.8, 4) is 0 Å². The van der Waals surface area contributed by atoms with E-state index in [-0.39, 0.29) is 17.9 Å². The molecule has 2 fully saturated rings. The van der Waals surface area contributed by atoms with Gasteiger partial charge in [-0.2, -0.15) is 0 Å². The number of imide groups is 1. The highest BCUT2D eigenvalue weighted by molar-refractivity contribution is 6.23. The predicted molar refractivity (Wildman–Crippen MR) is 104 cm³/mol. The SMILES string of the molecule is CCC[C@@H]1[C@H]2C(=O)N(c3ccc(CC)cc3)C(=O)[C@H]2ON1c1ccccc1. The third-order valence-electron chi connectivity index (χ3n) is 5.44. The minimum absolute atomic E-state index is 0.140. The molecule has 140 valence electrons. The van der Waals surface area contributed by atoms with Crippen LogP contribution in [0.15, 0.2) is 54.6 Å². The summed E-state index contributed by atoms with van der Waals surface area (Å²) in [4.78, 5) is 33.6. The molecule has 5 nitrogen and oxygen atoms in total. The van der Waals surface area contributed by atoms with E-state index in [0.717, 1.165) is 24.9 Å². The standard InChI is InChI=1S/C22H24N2O3/c1-3-8-18-19-20(27-24(18)17-9-6-5-7-10-17)22(26)23(21(19)25)16-13-11-15(4-2)12-14-16/h5-7,9-14,18-20H,3-4,8H2,1-2H3/t18-,19-,20+/m1/s1. The molecule has 3 atom stereocenters. The van der Waals surface area contributed by atoms with E-state index in [1.807, 2.05) is 54.6 Å². The van der Waals surface area contributed by atoms with Crippen LogP contribution < -0.4 is 9.96 Å². The average Bonchev–Trinajstić information content (AvgIpc) is 3.19. The highest BCUT2D eigenvalue weighted by Gasteiger charge is 2.59. The van der Waals surface area contributed by atoms with Crippen LogP contribution in [-0.2, 0) is 20.8 Å². The molecule has 2 aromatic rings. The second kappa shape index (κ2) is 7.16. The Hall–Kier alpha value is -2.66. The first-order valence-electron chi connectivity index (χ1n) is 9.63. The van der Waals surface area contributed by atoms with Gasteiger partial charge in [-0.3, -0.25) is 14.4 Å². The topological polar surface area (TPSA) is 49.9 Å². The summed E-state index contributed by atoms with van der Waals surface area (Å²) in [7, 11) is 0. The molecule has 4 rings (SSSR count). The van der Waals surface area contributed by atoms with Crippen LogP contribution in [0.4, 0.5) is 11.4 Å². The number of fused-ring (bicyclic) bond motifs is 1. The Morgan fingerprint density at radius 2 is 1.59 bits per heavy atom. The molecule has 0 aliphatic carbocycles. The van der Waals surface area contributed by atoms with Crippen LogP contribution in [0.1, 0.15) is 32.3 Å². The maximum Gasteiger partial charge on any atom is 0.266 e. The summed E-state index contributed by atoms with van der Waals surface area (Å²) >= 11 is 0. The molecule has 2 aliphatic heterocycles. The van der Waals surface area contributed by atoms with Crippen molar-refractivity contribution in [1.29, 1.82) is 0 Å². The van der Waals surface area contributed by atoms with Gasteiger partial charge in [0, 0.05) is 0 Å². The van der Waals surface area contributed by atoms with Crippen LogP contribution >= 0.6 is 0 Å². The van der Waals surface area contributed by atoms with Gasteiger partial charge in [0.05, 0.1) is 23.3 Å². The maximum absolute atomic E-state index is 13.2. The summed E-state index contributed by atoms with van der Waals surface area (Å²) in [6.07, 6.45) is 1.87. The van der Waals surface area contributed by atoms with E-state index < -0.39 is 12.0 Å². The van der Waals surface area contributed by atoms with Gasteiger partial charge >= 0.3 is 0 Å². The molecule has 0 saturated carbocycles. The number of hydrogen-bond acceptors (Lipinski definition) is 4. The third-order valence-corrected chi connectivity index (χ3v) is 5.44. The van der Waals surface area contributed by atoms with Crippen molar-refractivity contribution < 1.29 is 14.4 Å². The second-order valence-electron chi connectivity index (χ2n) is 7.10. The zero-order valence-electron chi connectivity index (χ0n) is 15.7. The largest absolute Gasteiger partial charge is 0.273 e. The molecule has 27 heavy (non-hydrogen) atoms. The number of hydrogen-bond donors (Lipinski definition) is 0. The van der Waals surface area contributed by atoms with Gasteiger partial charge in [-0.15, -0.1) is 0 Å². The van der Waals surface area contributed by atoms with E-state index in [0.29, 0.717) is 5.69 Å². The number of nitrogens with zero attached hydrogens (tertiary/aromatic N) is 2. The number of rotatable bonds is 5. The van der Waals surface area contributed by atoms with E-state index in [9.17, 15) is 9.59 Å². The Morgan fingerprint density at radius 3 is 2.22 bits per heavy atom. The van der Waals surface area contributed by atoms with Crippen LogP contribution in [0.5, 0.6) is 0 Å². The molecule has 0 N–H and O–H groups in total. The van der Waals surface area contributed by atoms with Gasteiger partial charge in [-0.05, 0) is 42.7 Å². The third kappa shape index (κ3) is 2.92. The number of anilines is 2. The van der Waals surface area contributed by atoms with E-state index in [4.69, 9.17) is 4.84 Å². The Labute approximate surface area is 159 Å². The highest BCUT2D eigenvalue weighted by atomic mass is 16.7. The smallest absolute Gasteiger partial charge is 0.266 e. The van der Waals surface area contributed by atoms with Crippen LogP contribution in [0, 0.1) is 5.92 Å². The molecule has 2 aliphatic rings. The summed E-state index contributed by atoms with van der Waals surface area (Å²) in [6, 6.07) is 17.2. The summed E-state index contributed by atoms with van der Waals surface area (Å²) in [5, 5.41) is 1.77. The summed E-state index contributed by atoms with van der Waals surface area (Å²) in [6.45, 7) is 4.16. The summed E-state index contributed by atoms with van der Waals surface area (Å²) in [5.74, 6) is -0.900. The Morgan fingerprint density at radius 1 is 0.889 bits per heavy atom. The van der Waals surface area contributed by atoms with Crippen LogP contribution in [0.3, 0.4) is 0 Å². The Balaban J connectivity index is 1.65. The molecule has 0 bridgehead atoms. The molecule has 2 amide bonds. The molecule has 0 radical (unpaired) electrons. The van der Waals surface area contributed by atoms with Gasteiger partial charge in [-0.25, -0.2) is 9.96 Å². The van der Waals surface area contributed by atoms with Crippen molar-refractivity contribution in [2.24, 2.45) is 5.92 Å². The van der Waals surface area contributed by atoms with E-state index >= 15 is 0 Å². The molecule has 0 unspecified atom stereocenters. The molecular formula is C22H24N2O3. The molecule has 0 aromatic heterocycles. The van der Waals surface area contributed by atoms with Gasteiger partial charge in [0.1, 0.15) is 0 Å². The number of benzene rings is 2. The van der Waals surface area contributed by atoms with Crippen molar-refractivity contribution in [1.82, 2.24) is 0 Å². The number of hydroxylamine groups is 1. The average molecular weight is 364 g/mol. The van der Waals surface area contributed by atoms with Gasteiger partial charge in [-0.1, -0.05) is 50.6 Å². The zero-order chi connectivity index (χ0) is 19.0. The lowest BCUT2D eigenvalue weighted by Gasteiger charge is -2.28. The minimum atomic E-state index is -0.750. The number of para-hydroxylation sites is 1. The Kier molecular flexibility index (Phi) is 4.70. The quantitative estimate of drug-likeness (QED) is 0.759. The molecular weight excluding hydrogens is 340 g/mol. The fourth-order valence-corrected chi connectivity index (χ4v) is 4.05. The monoisotopic (exact) mass is 364 g/mol. The van der Waals surface area contributed by atoms with Gasteiger partial charge in [0.25, 0.3) is 5.91 Å². The van der Waals surface area contributed by atoms with Crippen molar-refractivity contribution in [2.45, 2.75) is 45.3 Å². The molecule has 2 aromatic carbocycles. The fraction of sp³-hybridized carbons (Fsp3) is 0.364. The molecule has 2 saturated heterocycles. The first-order valence-corrected chi connectivity index (χ1v) is 9.63. The maximum atomic E-state index is 13.2. The van der Waals surface area contributed by atoms with Crippen LogP contribution in [-0.4, -0.2) is 24.0 Å². The lowest BCUT2D eigenvalue weighted by molar-refractivity contribution is -0.126. The van der Waals surface area contributed by atoms with Crippen LogP contribution in [0.2, 0.25) is 0 Å². The van der Waals surface area contributed by atoms with Gasteiger partial charge < -0.3 is 0 Å². The lowest BCUT2D eigenvalue weighted by Crippen LogP contribution is -2.40. The van der Waals surface area contributed by atoms with Crippen molar-refractivity contribution >= 4 is 23.2 Å². The number of amides is 2. The summed E-state index contributed by atoms with van der Waals surface area (Å²) < 4.78 is 0. The van der Waals surface area contributed by atoms with Crippen molar-refractivity contribution in [3.63, 3.8) is 0 Å². The first kappa shape index (κ1) is 17.7. The van der Waals surface area contributed by atoms with Crippen molar-refractivity contribution in [3.05, 3.63) is 60.2 Å². The molecule has 0 spiro atoms. The summed E-state index contributed by atoms with van der Waals surface area (Å²) in [5.41, 5.74) is 2.68.